The van der Waals surface area contributed by atoms with Crippen molar-refractivity contribution in [3.63, 3.8) is 0 Å². The summed E-state index contributed by atoms with van der Waals surface area (Å²) < 4.78 is 3.25. The molecule has 0 aliphatic carbocycles. The molecule has 0 heterocycles. The maximum absolute atomic E-state index is 4.64. The van der Waals surface area contributed by atoms with E-state index in [1.807, 2.05) is 0 Å². The summed E-state index contributed by atoms with van der Waals surface area (Å²) in [6.07, 6.45) is 7.31. The molecule has 0 aromatic rings. The van der Waals surface area contributed by atoms with Gasteiger partial charge in [-0.1, -0.05) is 0 Å². The van der Waals surface area contributed by atoms with Gasteiger partial charge in [0, 0.05) is 6.38 Å². The zero-order chi connectivity index (χ0) is 8.95. The second kappa shape index (κ2) is 17.3. The molecule has 0 aliphatic rings. The molecule has 0 fully saturated rings. The first-order valence-corrected chi connectivity index (χ1v) is 9.29. The summed E-state index contributed by atoms with van der Waals surface area (Å²) in [4.78, 5) is 0. The Morgan fingerprint density at radius 2 is 1.27 bits per heavy atom. The van der Waals surface area contributed by atoms with Crippen LogP contribution in [0, 0.1) is 0 Å². The fourth-order valence-electron chi connectivity index (χ4n) is 0.729. The van der Waals surface area contributed by atoms with E-state index in [0.29, 0.717) is 0 Å². The van der Waals surface area contributed by atoms with Crippen molar-refractivity contribution in [3.8, 4) is 0 Å². The standard InChI is InChI=1S/2C4H9.CH3Cl.Sn/c2*1-3-4-2;1-2;/h2*1,3-4H2,2H3;1H3;. The van der Waals surface area contributed by atoms with E-state index >= 15 is 0 Å². The molecule has 2 radical (unpaired) electrons. The van der Waals surface area contributed by atoms with Crippen LogP contribution in [-0.4, -0.2) is 27.5 Å². The SMILES string of the molecule is CCC[CH2][Sn][CH2]CCC.CCl. The minimum Gasteiger partial charge on any atom is -0.130 e. The first-order chi connectivity index (χ1) is 5.41. The predicted molar refractivity (Wildman–Crippen MR) is 57.0 cm³/mol. The zero-order valence-corrected chi connectivity index (χ0v) is 11.7. The van der Waals surface area contributed by atoms with Crippen LogP contribution in [0.1, 0.15) is 39.5 Å². The topological polar surface area (TPSA) is 0 Å². The Morgan fingerprint density at radius 3 is 1.55 bits per heavy atom. The smallest absolute Gasteiger partial charge is 0.0108 e. The van der Waals surface area contributed by atoms with Crippen LogP contribution < -0.4 is 0 Å². The minimum absolute atomic E-state index is 0.149. The van der Waals surface area contributed by atoms with Gasteiger partial charge in [0.2, 0.25) is 0 Å². The largest absolute Gasteiger partial charge is 0.130 e. The molecular formula is C9H21ClSn. The Hall–Kier alpha value is 1.09. The molecule has 0 amide bonds. The predicted octanol–water partition coefficient (Wildman–Crippen LogP) is 3.98. The van der Waals surface area contributed by atoms with Crippen molar-refractivity contribution in [1.29, 1.82) is 0 Å². The second-order valence-corrected chi connectivity index (χ2v) is 6.74. The Balaban J connectivity index is 0. The fraction of sp³-hybridized carbons (Fsp3) is 1.00. The third-order valence-electron chi connectivity index (χ3n) is 1.41. The van der Waals surface area contributed by atoms with Gasteiger partial charge < -0.3 is 0 Å². The third-order valence-corrected chi connectivity index (χ3v) is 5.45. The molecule has 0 aromatic heterocycles. The zero-order valence-electron chi connectivity index (χ0n) is 8.12. The summed E-state index contributed by atoms with van der Waals surface area (Å²) in [5, 5.41) is 0. The van der Waals surface area contributed by atoms with E-state index in [0.717, 1.165) is 0 Å². The Bertz CT molecular complexity index is 42.8. The van der Waals surface area contributed by atoms with Gasteiger partial charge in [-0.05, 0) is 0 Å². The molecule has 0 bridgehead atoms. The van der Waals surface area contributed by atoms with Crippen molar-refractivity contribution in [2.45, 2.75) is 48.4 Å². The number of halogens is 1. The first kappa shape index (κ1) is 14.6. The van der Waals surface area contributed by atoms with Crippen LogP contribution in [-0.2, 0) is 0 Å². The average molecular weight is 283 g/mol. The van der Waals surface area contributed by atoms with E-state index in [2.05, 4.69) is 25.4 Å². The monoisotopic (exact) mass is 284 g/mol. The summed E-state index contributed by atoms with van der Waals surface area (Å²) in [6.45, 7) is 4.58. The van der Waals surface area contributed by atoms with Crippen LogP contribution in [0.25, 0.3) is 0 Å². The molecule has 0 aromatic carbocycles. The molecule has 0 saturated heterocycles. The molecule has 0 N–H and O–H groups in total. The Morgan fingerprint density at radius 1 is 0.909 bits per heavy atom. The maximum Gasteiger partial charge on any atom is 0.0108 e. The number of hydrogen-bond donors (Lipinski definition) is 0. The summed E-state index contributed by atoms with van der Waals surface area (Å²) in [5.74, 6) is 0. The molecule has 0 nitrogen and oxygen atoms in total. The van der Waals surface area contributed by atoms with Crippen LogP contribution in [0.3, 0.4) is 0 Å². The summed E-state index contributed by atoms with van der Waals surface area (Å²) in [5.41, 5.74) is 0. The van der Waals surface area contributed by atoms with Crippen molar-refractivity contribution in [1.82, 2.24) is 0 Å². The number of rotatable bonds is 6. The van der Waals surface area contributed by atoms with E-state index in [9.17, 15) is 0 Å². The molecule has 0 unspecified atom stereocenters. The average Bonchev–Trinajstić information content (AvgIpc) is 2.08. The van der Waals surface area contributed by atoms with Crippen molar-refractivity contribution in [3.05, 3.63) is 0 Å². The number of unbranched alkanes of at least 4 members (excludes halogenated alkanes) is 2. The van der Waals surface area contributed by atoms with Gasteiger partial charge in [0.25, 0.3) is 0 Å². The van der Waals surface area contributed by atoms with Crippen molar-refractivity contribution in [2.24, 2.45) is 0 Å². The van der Waals surface area contributed by atoms with E-state index in [1.165, 1.54) is 32.1 Å². The molecule has 68 valence electrons. The number of hydrogen-bond acceptors (Lipinski definition) is 0. The molecular weight excluding hydrogens is 262 g/mol. The molecule has 0 aliphatic heterocycles. The fourth-order valence-corrected chi connectivity index (χ4v) is 4.89. The van der Waals surface area contributed by atoms with E-state index in [1.54, 1.807) is 8.87 Å². The van der Waals surface area contributed by atoms with E-state index in [4.69, 9.17) is 0 Å². The van der Waals surface area contributed by atoms with Crippen LogP contribution in [0.15, 0.2) is 0 Å². The van der Waals surface area contributed by atoms with Gasteiger partial charge in [-0.15, -0.1) is 11.6 Å². The van der Waals surface area contributed by atoms with Gasteiger partial charge >= 0.3 is 69.5 Å². The van der Waals surface area contributed by atoms with Crippen LogP contribution in [0.4, 0.5) is 0 Å². The van der Waals surface area contributed by atoms with Gasteiger partial charge in [-0.25, -0.2) is 0 Å². The molecule has 0 atom stereocenters. The molecule has 11 heavy (non-hydrogen) atoms. The normalized spacial score (nSPS) is 8.73. The van der Waals surface area contributed by atoms with Gasteiger partial charge in [0.15, 0.2) is 0 Å². The Kier molecular flexibility index (Phi) is 22.9. The maximum atomic E-state index is 4.64. The van der Waals surface area contributed by atoms with Crippen molar-refractivity contribution >= 4 is 32.7 Å². The summed E-state index contributed by atoms with van der Waals surface area (Å²) in [7, 11) is 0. The quantitative estimate of drug-likeness (QED) is 0.393. The van der Waals surface area contributed by atoms with Gasteiger partial charge in [-0.3, -0.25) is 0 Å². The summed E-state index contributed by atoms with van der Waals surface area (Å²) >= 11 is 4.79. The molecule has 2 heteroatoms. The first-order valence-electron chi connectivity index (χ1n) is 4.50. The van der Waals surface area contributed by atoms with Crippen LogP contribution >= 0.6 is 11.6 Å². The minimum atomic E-state index is 0.149. The van der Waals surface area contributed by atoms with E-state index in [-0.39, 0.29) is 21.1 Å². The van der Waals surface area contributed by atoms with Gasteiger partial charge in [0.1, 0.15) is 0 Å². The third kappa shape index (κ3) is 18.2. The van der Waals surface area contributed by atoms with E-state index < -0.39 is 0 Å². The van der Waals surface area contributed by atoms with Gasteiger partial charge in [0.05, 0.1) is 0 Å². The molecule has 0 saturated carbocycles. The van der Waals surface area contributed by atoms with Crippen molar-refractivity contribution in [2.75, 3.05) is 6.38 Å². The van der Waals surface area contributed by atoms with Crippen LogP contribution in [0.5, 0.6) is 0 Å². The van der Waals surface area contributed by atoms with Crippen LogP contribution in [0.2, 0.25) is 8.87 Å². The second-order valence-electron chi connectivity index (χ2n) is 2.46. The summed E-state index contributed by atoms with van der Waals surface area (Å²) in [6, 6.07) is 0. The van der Waals surface area contributed by atoms with Crippen molar-refractivity contribution < 1.29 is 0 Å². The molecule has 0 rings (SSSR count). The number of alkyl halides is 1. The van der Waals surface area contributed by atoms with Gasteiger partial charge in [-0.2, -0.15) is 0 Å². The molecule has 0 spiro atoms. The Labute approximate surface area is 87.3 Å².